The molecule has 0 aliphatic rings. The molecular formula is C23H19N3O5S. The fourth-order valence-corrected chi connectivity index (χ4v) is 4.26. The topological polar surface area (TPSA) is 126 Å². The Morgan fingerprint density at radius 3 is 2.59 bits per heavy atom. The van der Waals surface area contributed by atoms with Gasteiger partial charge in [0.1, 0.15) is 11.6 Å². The summed E-state index contributed by atoms with van der Waals surface area (Å²) in [6.45, 7) is 5.15. The molecule has 0 atom stereocenters. The minimum Gasteiger partial charge on any atom is -0.462 e. The average Bonchev–Trinajstić information content (AvgIpc) is 3.35. The summed E-state index contributed by atoms with van der Waals surface area (Å²) in [7, 11) is 0. The van der Waals surface area contributed by atoms with Crippen LogP contribution in [0.2, 0.25) is 0 Å². The minimum absolute atomic E-state index is 0.0225. The molecule has 0 radical (unpaired) electrons. The van der Waals surface area contributed by atoms with E-state index in [1.54, 1.807) is 45.0 Å². The Labute approximate surface area is 187 Å². The van der Waals surface area contributed by atoms with Crippen LogP contribution in [0.5, 0.6) is 0 Å². The molecule has 0 aliphatic carbocycles. The smallest absolute Gasteiger partial charge is 0.340 e. The number of rotatable bonds is 7. The maximum atomic E-state index is 13.2. The molecule has 3 aromatic rings. The van der Waals surface area contributed by atoms with Gasteiger partial charge in [-0.1, -0.05) is 12.1 Å². The lowest BCUT2D eigenvalue weighted by Crippen LogP contribution is -2.13. The van der Waals surface area contributed by atoms with E-state index in [9.17, 15) is 25.0 Å². The van der Waals surface area contributed by atoms with E-state index in [0.717, 1.165) is 4.88 Å². The highest BCUT2D eigenvalue weighted by Gasteiger charge is 2.27. The maximum absolute atomic E-state index is 13.2. The molecule has 2 heterocycles. The predicted molar refractivity (Wildman–Crippen MR) is 121 cm³/mol. The van der Waals surface area contributed by atoms with Gasteiger partial charge in [0.25, 0.3) is 5.69 Å². The van der Waals surface area contributed by atoms with Crippen LogP contribution in [-0.4, -0.2) is 28.3 Å². The van der Waals surface area contributed by atoms with Crippen LogP contribution in [-0.2, 0) is 4.74 Å². The van der Waals surface area contributed by atoms with Crippen LogP contribution in [0.25, 0.3) is 16.5 Å². The van der Waals surface area contributed by atoms with Crippen molar-refractivity contribution in [3.63, 3.8) is 0 Å². The summed E-state index contributed by atoms with van der Waals surface area (Å²) in [6.07, 6.45) is 1.45. The van der Waals surface area contributed by atoms with Gasteiger partial charge in [0.2, 0.25) is 5.78 Å². The van der Waals surface area contributed by atoms with Crippen LogP contribution in [0, 0.1) is 35.3 Å². The van der Waals surface area contributed by atoms with Crippen molar-refractivity contribution in [3.8, 4) is 16.5 Å². The summed E-state index contributed by atoms with van der Waals surface area (Å²) in [5.41, 5.74) is 1.71. The number of Topliss-reactive ketones (excluding diaryl/α,β-unsaturated/α-hetero) is 1. The fourth-order valence-electron chi connectivity index (χ4n) is 3.31. The number of nitro benzene ring substituents is 1. The van der Waals surface area contributed by atoms with Gasteiger partial charge >= 0.3 is 5.97 Å². The standard InChI is InChI=1S/C23H19N3O5S/c1-4-31-23(28)21-14(3)25-13(2)20(21)22(27)16(12-24)11-18-8-9-19(32-18)15-6-5-7-17(10-15)26(29)30/h5-11,25H,4H2,1-3H3/b16-11+. The zero-order chi connectivity index (χ0) is 23.4. The van der Waals surface area contributed by atoms with Crippen LogP contribution in [0.3, 0.4) is 0 Å². The number of nitrogens with zero attached hydrogens (tertiary/aromatic N) is 2. The van der Waals surface area contributed by atoms with Crippen LogP contribution in [0.4, 0.5) is 5.69 Å². The molecule has 0 fully saturated rings. The van der Waals surface area contributed by atoms with Crippen molar-refractivity contribution in [2.45, 2.75) is 20.8 Å². The number of H-pyrrole nitrogens is 1. The molecule has 8 nitrogen and oxygen atoms in total. The van der Waals surface area contributed by atoms with Crippen molar-refractivity contribution < 1.29 is 19.2 Å². The molecule has 1 aromatic carbocycles. The lowest BCUT2D eigenvalue weighted by molar-refractivity contribution is -0.384. The van der Waals surface area contributed by atoms with E-state index in [-0.39, 0.29) is 29.0 Å². The highest BCUT2D eigenvalue weighted by atomic mass is 32.1. The number of aryl methyl sites for hydroxylation is 2. The van der Waals surface area contributed by atoms with Crippen molar-refractivity contribution in [2.24, 2.45) is 0 Å². The number of aromatic amines is 1. The summed E-state index contributed by atoms with van der Waals surface area (Å²) in [6, 6.07) is 11.6. The number of nitro groups is 1. The summed E-state index contributed by atoms with van der Waals surface area (Å²) in [4.78, 5) is 40.4. The molecule has 1 N–H and O–H groups in total. The van der Waals surface area contributed by atoms with Gasteiger partial charge < -0.3 is 9.72 Å². The number of carbonyl (C=O) groups excluding carboxylic acids is 2. The molecule has 0 saturated heterocycles. The van der Waals surface area contributed by atoms with Gasteiger partial charge in [0.05, 0.1) is 22.7 Å². The van der Waals surface area contributed by atoms with Gasteiger partial charge in [0.15, 0.2) is 0 Å². The quantitative estimate of drug-likeness (QED) is 0.131. The van der Waals surface area contributed by atoms with Crippen LogP contribution < -0.4 is 0 Å². The van der Waals surface area contributed by atoms with Crippen molar-refractivity contribution in [1.82, 2.24) is 4.98 Å². The number of allylic oxidation sites excluding steroid dienone is 1. The third-order valence-corrected chi connectivity index (χ3v) is 5.78. The Morgan fingerprint density at radius 2 is 1.94 bits per heavy atom. The van der Waals surface area contributed by atoms with E-state index in [1.807, 2.05) is 6.07 Å². The summed E-state index contributed by atoms with van der Waals surface area (Å²) in [5.74, 6) is -1.21. The Kier molecular flexibility index (Phi) is 6.66. The van der Waals surface area contributed by atoms with Gasteiger partial charge in [0, 0.05) is 33.3 Å². The first-order chi connectivity index (χ1) is 15.3. The van der Waals surface area contributed by atoms with E-state index < -0.39 is 16.7 Å². The second-order valence-corrected chi connectivity index (χ2v) is 7.97. The predicted octanol–water partition coefficient (Wildman–Crippen LogP) is 5.23. The monoisotopic (exact) mass is 449 g/mol. The number of esters is 1. The Bertz CT molecular complexity index is 1290. The summed E-state index contributed by atoms with van der Waals surface area (Å²) >= 11 is 1.29. The Balaban J connectivity index is 1.97. The molecule has 2 aromatic heterocycles. The Morgan fingerprint density at radius 1 is 1.22 bits per heavy atom. The number of aromatic nitrogens is 1. The summed E-state index contributed by atoms with van der Waals surface area (Å²) < 4.78 is 5.06. The molecule has 9 heteroatoms. The molecule has 32 heavy (non-hydrogen) atoms. The van der Waals surface area contributed by atoms with Crippen molar-refractivity contribution >= 4 is 34.9 Å². The minimum atomic E-state index is -0.626. The fraction of sp³-hybridized carbons (Fsp3) is 0.174. The number of thiophene rings is 1. The first-order valence-corrected chi connectivity index (χ1v) is 10.5. The van der Waals surface area contributed by atoms with Gasteiger partial charge in [-0.3, -0.25) is 14.9 Å². The zero-order valence-electron chi connectivity index (χ0n) is 17.6. The number of nitrogens with one attached hydrogen (secondary N) is 1. The summed E-state index contributed by atoms with van der Waals surface area (Å²) in [5, 5.41) is 20.7. The molecule has 0 aliphatic heterocycles. The average molecular weight is 449 g/mol. The number of benzene rings is 1. The molecule has 0 saturated carbocycles. The molecule has 3 rings (SSSR count). The molecule has 162 valence electrons. The van der Waals surface area contributed by atoms with Gasteiger partial charge in [-0.2, -0.15) is 5.26 Å². The number of carbonyl (C=O) groups is 2. The number of ketones is 1. The molecule has 0 bridgehead atoms. The van der Waals surface area contributed by atoms with Gasteiger partial charge in [-0.15, -0.1) is 11.3 Å². The van der Waals surface area contributed by atoms with Crippen LogP contribution in [0.15, 0.2) is 42.0 Å². The van der Waals surface area contributed by atoms with Crippen molar-refractivity contribution in [2.75, 3.05) is 6.61 Å². The highest BCUT2D eigenvalue weighted by Crippen LogP contribution is 2.32. The number of hydrogen-bond acceptors (Lipinski definition) is 7. The largest absolute Gasteiger partial charge is 0.462 e. The van der Waals surface area contributed by atoms with E-state index in [2.05, 4.69) is 4.98 Å². The normalized spacial score (nSPS) is 11.1. The SMILES string of the molecule is CCOC(=O)c1c(C)[nH]c(C)c1C(=O)/C(C#N)=C/c1ccc(-c2cccc([N+](=O)[O-])c2)s1. The molecule has 0 spiro atoms. The number of non-ortho nitro benzene ring substituents is 1. The highest BCUT2D eigenvalue weighted by molar-refractivity contribution is 7.16. The van der Waals surface area contributed by atoms with Crippen molar-refractivity contribution in [3.05, 3.63) is 79.5 Å². The maximum Gasteiger partial charge on any atom is 0.340 e. The lowest BCUT2D eigenvalue weighted by atomic mass is 9.99. The molecular weight excluding hydrogens is 430 g/mol. The molecule has 0 unspecified atom stereocenters. The van der Waals surface area contributed by atoms with Crippen LogP contribution >= 0.6 is 11.3 Å². The van der Waals surface area contributed by atoms with E-state index in [0.29, 0.717) is 21.8 Å². The van der Waals surface area contributed by atoms with E-state index >= 15 is 0 Å². The number of hydrogen-bond donors (Lipinski definition) is 1. The van der Waals surface area contributed by atoms with Crippen molar-refractivity contribution in [1.29, 1.82) is 5.26 Å². The molecule has 0 amide bonds. The third-order valence-electron chi connectivity index (χ3n) is 4.70. The second kappa shape index (κ2) is 9.41. The number of ether oxygens (including phenoxy) is 1. The third kappa shape index (κ3) is 4.50. The van der Waals surface area contributed by atoms with Gasteiger partial charge in [-0.25, -0.2) is 4.79 Å². The Hall–Kier alpha value is -4.03. The first-order valence-electron chi connectivity index (χ1n) is 9.64. The van der Waals surface area contributed by atoms with Gasteiger partial charge in [-0.05, 0) is 44.5 Å². The number of nitriles is 1. The zero-order valence-corrected chi connectivity index (χ0v) is 18.4. The first kappa shape index (κ1) is 22.7. The van der Waals surface area contributed by atoms with E-state index in [1.165, 1.54) is 29.5 Å². The second-order valence-electron chi connectivity index (χ2n) is 6.85. The van der Waals surface area contributed by atoms with Crippen LogP contribution in [0.1, 0.15) is 43.9 Å². The lowest BCUT2D eigenvalue weighted by Gasteiger charge is -2.05. The van der Waals surface area contributed by atoms with E-state index in [4.69, 9.17) is 4.74 Å².